The van der Waals surface area contributed by atoms with Crippen LogP contribution in [0.25, 0.3) is 0 Å². The van der Waals surface area contributed by atoms with E-state index in [-0.39, 0.29) is 6.54 Å². The van der Waals surface area contributed by atoms with E-state index in [1.54, 1.807) is 18.2 Å². The topological polar surface area (TPSA) is 75.3 Å². The molecule has 0 aliphatic carbocycles. The fourth-order valence-corrected chi connectivity index (χ4v) is 1.22. The average molecular weight is 249 g/mol. The Morgan fingerprint density at radius 3 is 2.67 bits per heavy atom. The van der Waals surface area contributed by atoms with Crippen LogP contribution >= 0.6 is 23.2 Å². The number of anilines is 1. The van der Waals surface area contributed by atoms with Gasteiger partial charge < -0.3 is 16.2 Å². The Kier molecular flexibility index (Phi) is 4.20. The lowest BCUT2D eigenvalue weighted by atomic mass is 10.3. The summed E-state index contributed by atoms with van der Waals surface area (Å²) in [5.74, 6) is -1.05. The van der Waals surface area contributed by atoms with Crippen molar-refractivity contribution in [2.45, 2.75) is 6.04 Å². The van der Waals surface area contributed by atoms with Gasteiger partial charge in [0.1, 0.15) is 6.04 Å². The summed E-state index contributed by atoms with van der Waals surface area (Å²) in [6.45, 7) is 0.132. The average Bonchev–Trinajstić information content (AvgIpc) is 2.19. The molecule has 1 rings (SSSR count). The SMILES string of the molecule is NC(CNc1ccc(Cl)c(Cl)c1)C(=O)O. The minimum absolute atomic E-state index is 0.132. The molecule has 1 unspecified atom stereocenters. The molecule has 0 aliphatic rings. The van der Waals surface area contributed by atoms with Gasteiger partial charge in [-0.3, -0.25) is 4.79 Å². The van der Waals surface area contributed by atoms with Crippen molar-refractivity contribution in [3.8, 4) is 0 Å². The molecule has 0 saturated carbocycles. The van der Waals surface area contributed by atoms with Crippen LogP contribution in [-0.2, 0) is 4.79 Å². The van der Waals surface area contributed by atoms with Crippen LogP contribution in [0.4, 0.5) is 5.69 Å². The second-order valence-electron chi connectivity index (χ2n) is 2.95. The number of halogens is 2. The maximum absolute atomic E-state index is 10.4. The molecule has 0 bridgehead atoms. The summed E-state index contributed by atoms with van der Waals surface area (Å²) in [5, 5.41) is 12.2. The maximum Gasteiger partial charge on any atom is 0.322 e. The predicted molar refractivity (Wildman–Crippen MR) is 60.6 cm³/mol. The number of nitrogens with two attached hydrogens (primary N) is 1. The molecule has 0 aliphatic heterocycles. The van der Waals surface area contributed by atoms with E-state index in [0.29, 0.717) is 15.7 Å². The number of carbonyl (C=O) groups is 1. The highest BCUT2D eigenvalue weighted by atomic mass is 35.5. The molecule has 4 N–H and O–H groups in total. The number of carboxylic acids is 1. The normalized spacial score (nSPS) is 12.2. The van der Waals surface area contributed by atoms with Crippen molar-refractivity contribution in [3.63, 3.8) is 0 Å². The number of rotatable bonds is 4. The quantitative estimate of drug-likeness (QED) is 0.760. The molecule has 1 atom stereocenters. The van der Waals surface area contributed by atoms with Crippen molar-refractivity contribution in [1.29, 1.82) is 0 Å². The minimum atomic E-state index is -1.05. The second-order valence-corrected chi connectivity index (χ2v) is 3.77. The third-order valence-corrected chi connectivity index (χ3v) is 2.50. The summed E-state index contributed by atoms with van der Waals surface area (Å²) >= 11 is 11.5. The Bertz CT molecular complexity index is 371. The standard InChI is InChI=1S/C9H10Cl2N2O2/c10-6-2-1-5(3-7(6)11)13-4-8(12)9(14)15/h1-3,8,13H,4,12H2,(H,14,15). The van der Waals surface area contributed by atoms with Crippen LogP contribution in [0.15, 0.2) is 18.2 Å². The first-order valence-electron chi connectivity index (χ1n) is 4.18. The van der Waals surface area contributed by atoms with Gasteiger partial charge in [0.25, 0.3) is 0 Å². The largest absolute Gasteiger partial charge is 0.480 e. The van der Waals surface area contributed by atoms with E-state index in [0.717, 1.165) is 0 Å². The van der Waals surface area contributed by atoms with Gasteiger partial charge in [0.05, 0.1) is 10.0 Å². The lowest BCUT2D eigenvalue weighted by Gasteiger charge is -2.10. The molecule has 1 aromatic rings. The van der Waals surface area contributed by atoms with Gasteiger partial charge >= 0.3 is 5.97 Å². The summed E-state index contributed by atoms with van der Waals surface area (Å²) < 4.78 is 0. The van der Waals surface area contributed by atoms with Crippen LogP contribution in [0.5, 0.6) is 0 Å². The Morgan fingerprint density at radius 2 is 2.13 bits per heavy atom. The third-order valence-electron chi connectivity index (χ3n) is 1.76. The van der Waals surface area contributed by atoms with E-state index in [9.17, 15) is 4.79 Å². The lowest BCUT2D eigenvalue weighted by molar-refractivity contribution is -0.138. The zero-order valence-corrected chi connectivity index (χ0v) is 9.22. The van der Waals surface area contributed by atoms with Gasteiger partial charge in [-0.15, -0.1) is 0 Å². The first-order chi connectivity index (χ1) is 7.00. The second kappa shape index (κ2) is 5.21. The van der Waals surface area contributed by atoms with Gasteiger partial charge in [0, 0.05) is 12.2 Å². The molecule has 1 aromatic carbocycles. The smallest absolute Gasteiger partial charge is 0.322 e. The minimum Gasteiger partial charge on any atom is -0.480 e. The van der Waals surface area contributed by atoms with Crippen molar-refractivity contribution in [2.24, 2.45) is 5.73 Å². The molecule has 6 heteroatoms. The summed E-state index contributed by atoms with van der Waals surface area (Å²) in [6.07, 6.45) is 0. The van der Waals surface area contributed by atoms with Gasteiger partial charge in [-0.25, -0.2) is 0 Å². The Hall–Kier alpha value is -0.970. The number of hydrogen-bond donors (Lipinski definition) is 3. The molecule has 0 heterocycles. The third kappa shape index (κ3) is 3.58. The molecule has 0 amide bonds. The molecule has 82 valence electrons. The number of aliphatic carboxylic acids is 1. The number of carboxylic acid groups (broad SMARTS) is 1. The van der Waals surface area contributed by atoms with Crippen LogP contribution in [0.3, 0.4) is 0 Å². The number of nitrogens with one attached hydrogen (secondary N) is 1. The monoisotopic (exact) mass is 248 g/mol. The summed E-state index contributed by atoms with van der Waals surface area (Å²) in [7, 11) is 0. The van der Waals surface area contributed by atoms with Crippen molar-refractivity contribution >= 4 is 34.9 Å². The van der Waals surface area contributed by atoms with Crippen molar-refractivity contribution in [2.75, 3.05) is 11.9 Å². The van der Waals surface area contributed by atoms with Crippen molar-refractivity contribution in [3.05, 3.63) is 28.2 Å². The van der Waals surface area contributed by atoms with E-state index in [2.05, 4.69) is 5.32 Å². The van der Waals surface area contributed by atoms with E-state index < -0.39 is 12.0 Å². The molecular weight excluding hydrogens is 239 g/mol. The number of benzene rings is 1. The molecule has 0 spiro atoms. The Balaban J connectivity index is 2.58. The molecule has 0 saturated heterocycles. The Morgan fingerprint density at radius 1 is 1.47 bits per heavy atom. The maximum atomic E-state index is 10.4. The zero-order chi connectivity index (χ0) is 11.4. The fourth-order valence-electron chi connectivity index (χ4n) is 0.921. The molecule has 15 heavy (non-hydrogen) atoms. The molecule has 0 aromatic heterocycles. The molecule has 4 nitrogen and oxygen atoms in total. The van der Waals surface area contributed by atoms with E-state index >= 15 is 0 Å². The van der Waals surface area contributed by atoms with Gasteiger partial charge in [0.15, 0.2) is 0 Å². The lowest BCUT2D eigenvalue weighted by Crippen LogP contribution is -2.36. The summed E-state index contributed by atoms with van der Waals surface area (Å²) in [5.41, 5.74) is 5.99. The van der Waals surface area contributed by atoms with E-state index in [1.807, 2.05) is 0 Å². The van der Waals surface area contributed by atoms with Crippen molar-refractivity contribution in [1.82, 2.24) is 0 Å². The first-order valence-corrected chi connectivity index (χ1v) is 4.93. The highest BCUT2D eigenvalue weighted by Gasteiger charge is 2.10. The van der Waals surface area contributed by atoms with Gasteiger partial charge in [-0.1, -0.05) is 23.2 Å². The Labute approximate surface area is 97.0 Å². The summed E-state index contributed by atoms with van der Waals surface area (Å²) in [6, 6.07) is 3.99. The van der Waals surface area contributed by atoms with Gasteiger partial charge in [-0.2, -0.15) is 0 Å². The van der Waals surface area contributed by atoms with E-state index in [4.69, 9.17) is 34.0 Å². The van der Waals surface area contributed by atoms with Crippen molar-refractivity contribution < 1.29 is 9.90 Å². The first kappa shape index (κ1) is 12.1. The number of hydrogen-bond acceptors (Lipinski definition) is 3. The predicted octanol–water partition coefficient (Wildman–Crippen LogP) is 1.82. The van der Waals surface area contributed by atoms with Gasteiger partial charge in [0.2, 0.25) is 0 Å². The highest BCUT2D eigenvalue weighted by molar-refractivity contribution is 6.42. The van der Waals surface area contributed by atoms with Crippen LogP contribution in [-0.4, -0.2) is 23.7 Å². The highest BCUT2D eigenvalue weighted by Crippen LogP contribution is 2.24. The molecular formula is C9H10Cl2N2O2. The van der Waals surface area contributed by atoms with Crippen LogP contribution in [0.2, 0.25) is 10.0 Å². The molecule has 0 radical (unpaired) electrons. The van der Waals surface area contributed by atoms with Gasteiger partial charge in [-0.05, 0) is 18.2 Å². The fraction of sp³-hybridized carbons (Fsp3) is 0.222. The van der Waals surface area contributed by atoms with Crippen LogP contribution in [0.1, 0.15) is 0 Å². The zero-order valence-electron chi connectivity index (χ0n) is 7.71. The van der Waals surface area contributed by atoms with Crippen LogP contribution in [0, 0.1) is 0 Å². The molecule has 0 fully saturated rings. The van der Waals surface area contributed by atoms with E-state index in [1.165, 1.54) is 0 Å². The van der Waals surface area contributed by atoms with Crippen LogP contribution < -0.4 is 11.1 Å². The summed E-state index contributed by atoms with van der Waals surface area (Å²) in [4.78, 5) is 10.4.